The van der Waals surface area contributed by atoms with E-state index in [-0.39, 0.29) is 11.3 Å². The molecule has 1 saturated heterocycles. The standard InChI is InChI=1S/C10H16N4O/c1-10(4-6-11-7-10)9(15)13-8-3-5-12-14(8)2/h3,5,11H,4,6-7H2,1-2H3,(H,13,15). The minimum Gasteiger partial charge on any atom is -0.316 e. The molecule has 5 heteroatoms. The number of hydrogen-bond donors (Lipinski definition) is 2. The Morgan fingerprint density at radius 3 is 3.07 bits per heavy atom. The minimum atomic E-state index is -0.287. The molecule has 2 N–H and O–H groups in total. The normalized spacial score (nSPS) is 25.5. The fourth-order valence-electron chi connectivity index (χ4n) is 1.77. The average molecular weight is 208 g/mol. The molecule has 0 aliphatic carbocycles. The second-order valence-corrected chi connectivity index (χ2v) is 4.28. The van der Waals surface area contributed by atoms with Crippen LogP contribution in [0.25, 0.3) is 0 Å². The fourth-order valence-corrected chi connectivity index (χ4v) is 1.77. The highest BCUT2D eigenvalue weighted by Crippen LogP contribution is 2.26. The highest BCUT2D eigenvalue weighted by Gasteiger charge is 2.36. The molecule has 1 amide bonds. The van der Waals surface area contributed by atoms with Gasteiger partial charge in [-0.15, -0.1) is 0 Å². The van der Waals surface area contributed by atoms with Crippen molar-refractivity contribution in [2.45, 2.75) is 13.3 Å². The van der Waals surface area contributed by atoms with Crippen LogP contribution in [0.4, 0.5) is 5.82 Å². The van der Waals surface area contributed by atoms with E-state index in [1.807, 2.05) is 14.0 Å². The lowest BCUT2D eigenvalue weighted by molar-refractivity contribution is -0.123. The fraction of sp³-hybridized carbons (Fsp3) is 0.600. The molecular formula is C10H16N4O. The molecule has 2 heterocycles. The molecule has 82 valence electrons. The minimum absolute atomic E-state index is 0.0658. The van der Waals surface area contributed by atoms with E-state index < -0.39 is 0 Å². The maximum absolute atomic E-state index is 12.0. The average Bonchev–Trinajstić information content (AvgIpc) is 2.78. The monoisotopic (exact) mass is 208 g/mol. The number of amides is 1. The van der Waals surface area contributed by atoms with Crippen LogP contribution in [0.15, 0.2) is 12.3 Å². The summed E-state index contributed by atoms with van der Waals surface area (Å²) >= 11 is 0. The van der Waals surface area contributed by atoms with Gasteiger partial charge in [-0.3, -0.25) is 9.48 Å². The summed E-state index contributed by atoms with van der Waals surface area (Å²) in [6, 6.07) is 1.80. The quantitative estimate of drug-likeness (QED) is 0.737. The number of hydrogen-bond acceptors (Lipinski definition) is 3. The number of anilines is 1. The Labute approximate surface area is 88.8 Å². The van der Waals surface area contributed by atoms with Crippen LogP contribution in [0, 0.1) is 5.41 Å². The van der Waals surface area contributed by atoms with Crippen LogP contribution in [0.2, 0.25) is 0 Å². The van der Waals surface area contributed by atoms with Gasteiger partial charge in [0.1, 0.15) is 5.82 Å². The van der Waals surface area contributed by atoms with Gasteiger partial charge in [-0.1, -0.05) is 0 Å². The second-order valence-electron chi connectivity index (χ2n) is 4.28. The highest BCUT2D eigenvalue weighted by molar-refractivity contribution is 5.94. The van der Waals surface area contributed by atoms with Crippen LogP contribution in [0.5, 0.6) is 0 Å². The van der Waals surface area contributed by atoms with E-state index in [1.165, 1.54) is 0 Å². The number of nitrogens with one attached hydrogen (secondary N) is 2. The van der Waals surface area contributed by atoms with E-state index in [4.69, 9.17) is 0 Å². The second kappa shape index (κ2) is 3.66. The van der Waals surface area contributed by atoms with Crippen molar-refractivity contribution in [2.75, 3.05) is 18.4 Å². The Hall–Kier alpha value is -1.36. The van der Waals surface area contributed by atoms with Crippen LogP contribution >= 0.6 is 0 Å². The molecule has 0 bridgehead atoms. The topological polar surface area (TPSA) is 59.0 Å². The number of rotatable bonds is 2. The zero-order valence-electron chi connectivity index (χ0n) is 9.08. The Morgan fingerprint density at radius 2 is 2.53 bits per heavy atom. The lowest BCUT2D eigenvalue weighted by atomic mass is 9.89. The SMILES string of the molecule is Cn1nccc1NC(=O)C1(C)CCNC1. The third-order valence-electron chi connectivity index (χ3n) is 2.98. The lowest BCUT2D eigenvalue weighted by Gasteiger charge is -2.21. The van der Waals surface area contributed by atoms with Crippen LogP contribution in [-0.4, -0.2) is 28.8 Å². The lowest BCUT2D eigenvalue weighted by Crippen LogP contribution is -2.35. The van der Waals surface area contributed by atoms with Gasteiger partial charge in [0.05, 0.1) is 11.6 Å². The number of nitrogens with zero attached hydrogens (tertiary/aromatic N) is 2. The largest absolute Gasteiger partial charge is 0.316 e. The van der Waals surface area contributed by atoms with Crippen molar-refractivity contribution in [1.82, 2.24) is 15.1 Å². The van der Waals surface area contributed by atoms with Crippen LogP contribution in [-0.2, 0) is 11.8 Å². The predicted molar refractivity (Wildman–Crippen MR) is 57.4 cm³/mol. The maximum Gasteiger partial charge on any atom is 0.232 e. The van der Waals surface area contributed by atoms with Crippen LogP contribution in [0.3, 0.4) is 0 Å². The smallest absolute Gasteiger partial charge is 0.232 e. The first-order chi connectivity index (χ1) is 7.12. The van der Waals surface area contributed by atoms with Crippen molar-refractivity contribution < 1.29 is 4.79 Å². The summed E-state index contributed by atoms with van der Waals surface area (Å²) in [5.74, 6) is 0.809. The van der Waals surface area contributed by atoms with Crippen molar-refractivity contribution >= 4 is 11.7 Å². The molecular weight excluding hydrogens is 192 g/mol. The summed E-state index contributed by atoms with van der Waals surface area (Å²) in [6.45, 7) is 3.64. The third-order valence-corrected chi connectivity index (χ3v) is 2.98. The summed E-state index contributed by atoms with van der Waals surface area (Å²) in [4.78, 5) is 12.0. The summed E-state index contributed by atoms with van der Waals surface area (Å²) < 4.78 is 1.66. The molecule has 1 aromatic rings. The molecule has 1 aliphatic heterocycles. The van der Waals surface area contributed by atoms with Crippen LogP contribution < -0.4 is 10.6 Å². The highest BCUT2D eigenvalue weighted by atomic mass is 16.2. The number of carbonyl (C=O) groups excluding carboxylic acids is 1. The van der Waals surface area contributed by atoms with Crippen LogP contribution in [0.1, 0.15) is 13.3 Å². The Morgan fingerprint density at radius 1 is 1.73 bits per heavy atom. The molecule has 1 aromatic heterocycles. The van der Waals surface area contributed by atoms with Gasteiger partial charge in [0.15, 0.2) is 0 Å². The number of carbonyl (C=O) groups is 1. The molecule has 1 fully saturated rings. The van der Waals surface area contributed by atoms with Gasteiger partial charge in [-0.05, 0) is 19.9 Å². The van der Waals surface area contributed by atoms with Gasteiger partial charge in [0.2, 0.25) is 5.91 Å². The van der Waals surface area contributed by atoms with E-state index >= 15 is 0 Å². The van der Waals surface area contributed by atoms with Gasteiger partial charge in [0, 0.05) is 19.7 Å². The van der Waals surface area contributed by atoms with Crippen molar-refractivity contribution in [3.63, 3.8) is 0 Å². The van der Waals surface area contributed by atoms with Crippen molar-refractivity contribution in [3.05, 3.63) is 12.3 Å². The van der Waals surface area contributed by atoms with Gasteiger partial charge in [0.25, 0.3) is 0 Å². The van der Waals surface area contributed by atoms with Crippen molar-refractivity contribution in [1.29, 1.82) is 0 Å². The predicted octanol–water partition coefficient (Wildman–Crippen LogP) is 0.358. The molecule has 0 spiro atoms. The molecule has 0 aromatic carbocycles. The first-order valence-corrected chi connectivity index (χ1v) is 5.12. The summed E-state index contributed by atoms with van der Waals surface area (Å²) in [5, 5.41) is 10.1. The molecule has 1 aliphatic rings. The van der Waals surface area contributed by atoms with Gasteiger partial charge in [-0.2, -0.15) is 5.10 Å². The van der Waals surface area contributed by atoms with E-state index in [9.17, 15) is 4.79 Å². The van der Waals surface area contributed by atoms with Crippen molar-refractivity contribution in [2.24, 2.45) is 12.5 Å². The van der Waals surface area contributed by atoms with E-state index in [1.54, 1.807) is 16.9 Å². The van der Waals surface area contributed by atoms with E-state index in [0.717, 1.165) is 25.3 Å². The summed E-state index contributed by atoms with van der Waals surface area (Å²) in [6.07, 6.45) is 2.56. The first-order valence-electron chi connectivity index (χ1n) is 5.12. The molecule has 2 rings (SSSR count). The molecule has 0 saturated carbocycles. The van der Waals surface area contributed by atoms with E-state index in [2.05, 4.69) is 15.7 Å². The molecule has 1 atom stereocenters. The Kier molecular flexibility index (Phi) is 2.48. The van der Waals surface area contributed by atoms with Gasteiger partial charge in [-0.25, -0.2) is 0 Å². The van der Waals surface area contributed by atoms with Crippen molar-refractivity contribution in [3.8, 4) is 0 Å². The first kappa shape index (κ1) is 10.2. The summed E-state index contributed by atoms with van der Waals surface area (Å²) in [7, 11) is 1.81. The Bertz CT molecular complexity index is 365. The summed E-state index contributed by atoms with van der Waals surface area (Å²) in [5.41, 5.74) is -0.287. The zero-order chi connectivity index (χ0) is 10.9. The third kappa shape index (κ3) is 1.87. The Balaban J connectivity index is 2.07. The van der Waals surface area contributed by atoms with E-state index in [0.29, 0.717) is 0 Å². The number of aromatic nitrogens is 2. The maximum atomic E-state index is 12.0. The molecule has 5 nitrogen and oxygen atoms in total. The zero-order valence-corrected chi connectivity index (χ0v) is 9.08. The van der Waals surface area contributed by atoms with Gasteiger partial charge < -0.3 is 10.6 Å². The van der Waals surface area contributed by atoms with Gasteiger partial charge >= 0.3 is 0 Å². The molecule has 0 radical (unpaired) electrons. The number of aryl methyl sites for hydroxylation is 1. The molecule has 15 heavy (non-hydrogen) atoms. The molecule has 1 unspecified atom stereocenters.